The van der Waals surface area contributed by atoms with Gasteiger partial charge in [-0.3, -0.25) is 0 Å². The van der Waals surface area contributed by atoms with Crippen LogP contribution in [0.5, 0.6) is 0 Å². The van der Waals surface area contributed by atoms with Crippen molar-refractivity contribution in [1.29, 1.82) is 0 Å². The van der Waals surface area contributed by atoms with E-state index in [1.807, 2.05) is 0 Å². The van der Waals surface area contributed by atoms with E-state index in [1.165, 1.54) is 6.07 Å². The molecule has 1 aromatic carbocycles. The third kappa shape index (κ3) is 2.10. The minimum Gasteiger partial charge on any atom is -0.380 e. The lowest BCUT2D eigenvalue weighted by Crippen LogP contribution is -1.98. The van der Waals surface area contributed by atoms with E-state index in [0.717, 1.165) is 12.8 Å². The highest BCUT2D eigenvalue weighted by molar-refractivity contribution is 5.76. The molecule has 2 N–H and O–H groups in total. The van der Waals surface area contributed by atoms with Gasteiger partial charge >= 0.3 is 0 Å². The van der Waals surface area contributed by atoms with Gasteiger partial charge in [-0.15, -0.1) is 0 Å². The zero-order valence-corrected chi connectivity index (χ0v) is 10.6. The molecule has 1 aromatic heterocycles. The van der Waals surface area contributed by atoms with Crippen LogP contribution in [-0.4, -0.2) is 5.16 Å². The molecule has 2 rings (SSSR count). The van der Waals surface area contributed by atoms with Crippen molar-refractivity contribution in [3.05, 3.63) is 35.8 Å². The molecule has 3 nitrogen and oxygen atoms in total. The Kier molecular flexibility index (Phi) is 3.65. The van der Waals surface area contributed by atoms with Gasteiger partial charge in [-0.1, -0.05) is 37.2 Å². The van der Waals surface area contributed by atoms with Crippen molar-refractivity contribution in [2.45, 2.75) is 32.6 Å². The maximum Gasteiger partial charge on any atom is 0.175 e. The van der Waals surface area contributed by atoms with Gasteiger partial charge in [0.15, 0.2) is 5.82 Å². The van der Waals surface area contributed by atoms with Gasteiger partial charge in [0, 0.05) is 11.5 Å². The number of rotatable bonds is 4. The standard InChI is InChI=1S/C14H17FN2O/c1-3-9(4-2)13-12(14(16)17-18-13)10-7-5-6-8-11(10)15/h5-9H,3-4H2,1-2H3,(H2,16,17). The van der Waals surface area contributed by atoms with Crippen LogP contribution in [0.2, 0.25) is 0 Å². The molecule has 0 aliphatic carbocycles. The minimum absolute atomic E-state index is 0.212. The van der Waals surface area contributed by atoms with Gasteiger partial charge in [0.2, 0.25) is 0 Å². The van der Waals surface area contributed by atoms with Crippen molar-refractivity contribution in [1.82, 2.24) is 5.16 Å². The molecule has 18 heavy (non-hydrogen) atoms. The van der Waals surface area contributed by atoms with Gasteiger partial charge < -0.3 is 10.3 Å². The Bertz CT molecular complexity index is 532. The summed E-state index contributed by atoms with van der Waals surface area (Å²) in [5.41, 5.74) is 6.87. The summed E-state index contributed by atoms with van der Waals surface area (Å²) in [5, 5.41) is 3.79. The molecule has 0 aliphatic rings. The van der Waals surface area contributed by atoms with Crippen LogP contribution < -0.4 is 5.73 Å². The summed E-state index contributed by atoms with van der Waals surface area (Å²) in [6.07, 6.45) is 1.82. The summed E-state index contributed by atoms with van der Waals surface area (Å²) in [7, 11) is 0. The third-order valence-electron chi connectivity index (χ3n) is 3.24. The lowest BCUT2D eigenvalue weighted by Gasteiger charge is -2.11. The fourth-order valence-electron chi connectivity index (χ4n) is 2.19. The molecule has 0 atom stereocenters. The number of hydrogen-bond acceptors (Lipinski definition) is 3. The van der Waals surface area contributed by atoms with Crippen molar-refractivity contribution in [2.75, 3.05) is 5.73 Å². The van der Waals surface area contributed by atoms with Gasteiger partial charge in [0.25, 0.3) is 0 Å². The number of hydrogen-bond donors (Lipinski definition) is 1. The Labute approximate surface area is 106 Å². The van der Waals surface area contributed by atoms with E-state index < -0.39 is 0 Å². The fraction of sp³-hybridized carbons (Fsp3) is 0.357. The number of benzene rings is 1. The maximum absolute atomic E-state index is 13.9. The Morgan fingerprint density at radius 1 is 1.28 bits per heavy atom. The van der Waals surface area contributed by atoms with Crippen LogP contribution in [0.3, 0.4) is 0 Å². The van der Waals surface area contributed by atoms with Crippen LogP contribution in [0, 0.1) is 5.82 Å². The average Bonchev–Trinajstić information content (AvgIpc) is 2.74. The fourth-order valence-corrected chi connectivity index (χ4v) is 2.19. The van der Waals surface area contributed by atoms with Crippen LogP contribution >= 0.6 is 0 Å². The summed E-state index contributed by atoms with van der Waals surface area (Å²) >= 11 is 0. The second-order valence-corrected chi connectivity index (χ2v) is 4.30. The van der Waals surface area contributed by atoms with Gasteiger partial charge in [-0.25, -0.2) is 4.39 Å². The number of nitrogen functional groups attached to an aromatic ring is 1. The van der Waals surface area contributed by atoms with E-state index in [2.05, 4.69) is 19.0 Å². The molecule has 0 spiro atoms. The second-order valence-electron chi connectivity index (χ2n) is 4.30. The average molecular weight is 248 g/mol. The topological polar surface area (TPSA) is 52.0 Å². The summed E-state index contributed by atoms with van der Waals surface area (Å²) in [6, 6.07) is 6.55. The molecular formula is C14H17FN2O. The van der Waals surface area contributed by atoms with Crippen molar-refractivity contribution in [2.24, 2.45) is 0 Å². The van der Waals surface area contributed by atoms with E-state index in [-0.39, 0.29) is 17.6 Å². The molecule has 4 heteroatoms. The number of nitrogens with two attached hydrogens (primary N) is 1. The first-order valence-corrected chi connectivity index (χ1v) is 6.18. The zero-order chi connectivity index (χ0) is 13.1. The Morgan fingerprint density at radius 3 is 2.56 bits per heavy atom. The summed E-state index contributed by atoms with van der Waals surface area (Å²) < 4.78 is 19.2. The number of halogens is 1. The smallest absolute Gasteiger partial charge is 0.175 e. The van der Waals surface area contributed by atoms with Gasteiger partial charge in [-0.05, 0) is 18.9 Å². The predicted octanol–water partition coefficient (Wildman–Crippen LogP) is 3.97. The summed E-state index contributed by atoms with van der Waals surface area (Å²) in [6.45, 7) is 4.13. The first-order valence-electron chi connectivity index (χ1n) is 6.18. The lowest BCUT2D eigenvalue weighted by molar-refractivity contribution is 0.356. The van der Waals surface area contributed by atoms with Crippen LogP contribution in [0.1, 0.15) is 38.4 Å². The molecule has 0 fully saturated rings. The normalized spacial score (nSPS) is 11.1. The predicted molar refractivity (Wildman–Crippen MR) is 69.6 cm³/mol. The molecule has 96 valence electrons. The van der Waals surface area contributed by atoms with Crippen LogP contribution in [0.15, 0.2) is 28.8 Å². The first kappa shape index (κ1) is 12.6. The molecule has 2 aromatic rings. The van der Waals surface area contributed by atoms with Crippen LogP contribution in [0.4, 0.5) is 10.2 Å². The highest BCUT2D eigenvalue weighted by atomic mass is 19.1. The molecule has 0 saturated heterocycles. The van der Waals surface area contributed by atoms with Crippen molar-refractivity contribution in [3.63, 3.8) is 0 Å². The molecule has 0 aliphatic heterocycles. The van der Waals surface area contributed by atoms with E-state index in [9.17, 15) is 4.39 Å². The SMILES string of the molecule is CCC(CC)c1onc(N)c1-c1ccccc1F. The van der Waals surface area contributed by atoms with Gasteiger partial charge in [-0.2, -0.15) is 0 Å². The van der Waals surface area contributed by atoms with E-state index in [4.69, 9.17) is 10.3 Å². The van der Waals surface area contributed by atoms with Crippen LogP contribution in [0.25, 0.3) is 11.1 Å². The first-order chi connectivity index (χ1) is 8.69. The summed E-state index contributed by atoms with van der Waals surface area (Å²) in [4.78, 5) is 0. The molecule has 0 saturated carbocycles. The Hall–Kier alpha value is -1.84. The minimum atomic E-state index is -0.306. The number of anilines is 1. The molecule has 0 radical (unpaired) electrons. The largest absolute Gasteiger partial charge is 0.380 e. The third-order valence-corrected chi connectivity index (χ3v) is 3.24. The molecule has 0 unspecified atom stereocenters. The Balaban J connectivity index is 2.57. The molecule has 0 bridgehead atoms. The highest BCUT2D eigenvalue weighted by Crippen LogP contribution is 2.37. The monoisotopic (exact) mass is 248 g/mol. The van der Waals surface area contributed by atoms with Crippen molar-refractivity contribution in [3.8, 4) is 11.1 Å². The molecule has 0 amide bonds. The van der Waals surface area contributed by atoms with E-state index in [1.54, 1.807) is 18.2 Å². The lowest BCUT2D eigenvalue weighted by atomic mass is 9.93. The number of nitrogens with zero attached hydrogens (tertiary/aromatic N) is 1. The van der Waals surface area contributed by atoms with E-state index in [0.29, 0.717) is 16.9 Å². The number of aromatic nitrogens is 1. The van der Waals surface area contributed by atoms with Crippen molar-refractivity contribution >= 4 is 5.82 Å². The van der Waals surface area contributed by atoms with Gasteiger partial charge in [0.1, 0.15) is 11.6 Å². The highest BCUT2D eigenvalue weighted by Gasteiger charge is 2.23. The Morgan fingerprint density at radius 2 is 1.94 bits per heavy atom. The quantitative estimate of drug-likeness (QED) is 0.890. The van der Waals surface area contributed by atoms with Crippen LogP contribution in [-0.2, 0) is 0 Å². The maximum atomic E-state index is 13.9. The van der Waals surface area contributed by atoms with E-state index >= 15 is 0 Å². The second kappa shape index (κ2) is 5.21. The summed E-state index contributed by atoms with van der Waals surface area (Å²) in [5.74, 6) is 0.841. The van der Waals surface area contributed by atoms with Gasteiger partial charge in [0.05, 0.1) is 5.56 Å². The molecule has 1 heterocycles. The zero-order valence-electron chi connectivity index (χ0n) is 10.6. The molecular weight excluding hydrogens is 231 g/mol. The van der Waals surface area contributed by atoms with Crippen molar-refractivity contribution < 1.29 is 8.91 Å².